The van der Waals surface area contributed by atoms with Crippen molar-refractivity contribution < 1.29 is 9.47 Å². The van der Waals surface area contributed by atoms with E-state index in [4.69, 9.17) is 9.47 Å². The number of rotatable bonds is 7. The van der Waals surface area contributed by atoms with E-state index in [0.717, 1.165) is 30.3 Å². The molecule has 5 nitrogen and oxygen atoms in total. The summed E-state index contributed by atoms with van der Waals surface area (Å²) in [5.74, 6) is 2.57. The van der Waals surface area contributed by atoms with Gasteiger partial charge < -0.3 is 19.4 Å². The molecule has 0 amide bonds. The SMILES string of the molecule is COc1ccc(CCN[C@@H](C)c2nccn2C)cc1OC. The van der Waals surface area contributed by atoms with Gasteiger partial charge in [0.1, 0.15) is 5.82 Å². The standard InChI is InChI=1S/C16H23N3O2/c1-12(16-18-9-10-19(16)2)17-8-7-13-5-6-14(20-3)15(11-13)21-4/h5-6,9-12,17H,7-8H2,1-4H3/t12-/m0/s1. The van der Waals surface area contributed by atoms with Crippen molar-refractivity contribution in [3.8, 4) is 11.5 Å². The topological polar surface area (TPSA) is 48.3 Å². The van der Waals surface area contributed by atoms with E-state index in [1.807, 2.05) is 36.1 Å². The molecule has 0 radical (unpaired) electrons. The summed E-state index contributed by atoms with van der Waals surface area (Å²) in [5.41, 5.74) is 1.21. The van der Waals surface area contributed by atoms with Crippen LogP contribution in [0.15, 0.2) is 30.6 Å². The molecule has 1 heterocycles. The van der Waals surface area contributed by atoms with E-state index >= 15 is 0 Å². The second-order valence-corrected chi connectivity index (χ2v) is 5.01. The van der Waals surface area contributed by atoms with Crippen LogP contribution in [-0.2, 0) is 13.5 Å². The maximum atomic E-state index is 5.32. The Morgan fingerprint density at radius 1 is 1.24 bits per heavy atom. The molecule has 2 aromatic rings. The van der Waals surface area contributed by atoms with Crippen molar-refractivity contribution >= 4 is 0 Å². The number of aryl methyl sites for hydroxylation is 1. The lowest BCUT2D eigenvalue weighted by molar-refractivity contribution is 0.354. The Hall–Kier alpha value is -2.01. The van der Waals surface area contributed by atoms with Crippen molar-refractivity contribution in [3.63, 3.8) is 0 Å². The third-order valence-corrected chi connectivity index (χ3v) is 3.56. The van der Waals surface area contributed by atoms with Gasteiger partial charge in [-0.05, 0) is 37.6 Å². The molecule has 5 heteroatoms. The van der Waals surface area contributed by atoms with Crippen LogP contribution in [0, 0.1) is 0 Å². The van der Waals surface area contributed by atoms with Gasteiger partial charge >= 0.3 is 0 Å². The van der Waals surface area contributed by atoms with E-state index < -0.39 is 0 Å². The van der Waals surface area contributed by atoms with Crippen LogP contribution in [0.2, 0.25) is 0 Å². The van der Waals surface area contributed by atoms with Crippen LogP contribution in [0.25, 0.3) is 0 Å². The van der Waals surface area contributed by atoms with Crippen LogP contribution >= 0.6 is 0 Å². The average Bonchev–Trinajstić information content (AvgIpc) is 2.93. The van der Waals surface area contributed by atoms with Gasteiger partial charge in [-0.25, -0.2) is 4.98 Å². The smallest absolute Gasteiger partial charge is 0.160 e. The first-order valence-electron chi connectivity index (χ1n) is 7.07. The van der Waals surface area contributed by atoms with E-state index in [-0.39, 0.29) is 6.04 Å². The Morgan fingerprint density at radius 3 is 2.62 bits per heavy atom. The molecule has 0 aliphatic carbocycles. The number of hydrogen-bond acceptors (Lipinski definition) is 4. The number of methoxy groups -OCH3 is 2. The molecule has 1 N–H and O–H groups in total. The summed E-state index contributed by atoms with van der Waals surface area (Å²) in [6.07, 6.45) is 4.71. The van der Waals surface area contributed by atoms with Crippen LogP contribution in [0.5, 0.6) is 11.5 Å². The molecule has 0 aliphatic rings. The first kappa shape index (κ1) is 15.4. The molecule has 21 heavy (non-hydrogen) atoms. The number of nitrogens with one attached hydrogen (secondary N) is 1. The molecule has 0 unspecified atom stereocenters. The molecule has 1 aromatic carbocycles. The van der Waals surface area contributed by atoms with Gasteiger partial charge in [-0.1, -0.05) is 6.07 Å². The molecule has 0 fully saturated rings. The van der Waals surface area contributed by atoms with Crippen LogP contribution in [0.3, 0.4) is 0 Å². The fourth-order valence-electron chi connectivity index (χ4n) is 2.35. The molecule has 114 valence electrons. The lowest BCUT2D eigenvalue weighted by Crippen LogP contribution is -2.23. The number of imidazole rings is 1. The second-order valence-electron chi connectivity index (χ2n) is 5.01. The third-order valence-electron chi connectivity index (χ3n) is 3.56. The minimum absolute atomic E-state index is 0.227. The first-order chi connectivity index (χ1) is 10.2. The normalized spacial score (nSPS) is 12.2. The summed E-state index contributed by atoms with van der Waals surface area (Å²) < 4.78 is 12.6. The predicted octanol–water partition coefficient (Wildman–Crippen LogP) is 2.33. The van der Waals surface area contributed by atoms with Crippen LogP contribution in [0.1, 0.15) is 24.4 Å². The van der Waals surface area contributed by atoms with E-state index in [9.17, 15) is 0 Å². The summed E-state index contributed by atoms with van der Waals surface area (Å²) in [6.45, 7) is 3.00. The zero-order chi connectivity index (χ0) is 15.2. The van der Waals surface area contributed by atoms with E-state index in [1.165, 1.54) is 5.56 Å². The summed E-state index contributed by atoms with van der Waals surface area (Å²) in [5, 5.41) is 3.49. The highest BCUT2D eigenvalue weighted by atomic mass is 16.5. The van der Waals surface area contributed by atoms with Gasteiger partial charge in [0.15, 0.2) is 11.5 Å². The summed E-state index contributed by atoms with van der Waals surface area (Å²) in [6, 6.07) is 6.25. The molecular weight excluding hydrogens is 266 g/mol. The van der Waals surface area contributed by atoms with Gasteiger partial charge in [0.2, 0.25) is 0 Å². The molecule has 0 spiro atoms. The number of ether oxygens (including phenoxy) is 2. The van der Waals surface area contributed by atoms with Crippen LogP contribution in [0.4, 0.5) is 0 Å². The molecule has 1 aromatic heterocycles. The fraction of sp³-hybridized carbons (Fsp3) is 0.438. The lowest BCUT2D eigenvalue weighted by Gasteiger charge is -2.14. The monoisotopic (exact) mass is 289 g/mol. The molecule has 2 rings (SSSR count). The van der Waals surface area contributed by atoms with E-state index in [2.05, 4.69) is 23.3 Å². The van der Waals surface area contributed by atoms with Crippen LogP contribution < -0.4 is 14.8 Å². The van der Waals surface area contributed by atoms with Crippen molar-refractivity contribution in [2.24, 2.45) is 7.05 Å². The Kier molecular flexibility index (Phi) is 5.22. The number of hydrogen-bond donors (Lipinski definition) is 1. The van der Waals surface area contributed by atoms with Gasteiger partial charge in [-0.15, -0.1) is 0 Å². The average molecular weight is 289 g/mol. The van der Waals surface area contributed by atoms with E-state index in [0.29, 0.717) is 0 Å². The zero-order valence-corrected chi connectivity index (χ0v) is 13.1. The Bertz CT molecular complexity index is 581. The van der Waals surface area contributed by atoms with Gasteiger partial charge in [0, 0.05) is 19.4 Å². The van der Waals surface area contributed by atoms with Crippen molar-refractivity contribution in [2.75, 3.05) is 20.8 Å². The molecular formula is C16H23N3O2. The van der Waals surface area contributed by atoms with Crippen molar-refractivity contribution in [1.82, 2.24) is 14.9 Å². The quantitative estimate of drug-likeness (QED) is 0.850. The number of benzene rings is 1. The van der Waals surface area contributed by atoms with Crippen molar-refractivity contribution in [1.29, 1.82) is 0 Å². The number of aromatic nitrogens is 2. The first-order valence-corrected chi connectivity index (χ1v) is 7.07. The van der Waals surface area contributed by atoms with Crippen LogP contribution in [-0.4, -0.2) is 30.3 Å². The largest absolute Gasteiger partial charge is 0.493 e. The third kappa shape index (κ3) is 3.76. The zero-order valence-electron chi connectivity index (χ0n) is 13.1. The van der Waals surface area contributed by atoms with Gasteiger partial charge in [0.05, 0.1) is 20.3 Å². The summed E-state index contributed by atoms with van der Waals surface area (Å²) in [4.78, 5) is 4.36. The van der Waals surface area contributed by atoms with Gasteiger partial charge in [-0.2, -0.15) is 0 Å². The van der Waals surface area contributed by atoms with Crippen molar-refractivity contribution in [2.45, 2.75) is 19.4 Å². The Labute approximate surface area is 125 Å². The molecule has 1 atom stereocenters. The highest BCUT2D eigenvalue weighted by Gasteiger charge is 2.09. The van der Waals surface area contributed by atoms with Gasteiger partial charge in [-0.3, -0.25) is 0 Å². The summed E-state index contributed by atoms with van der Waals surface area (Å²) in [7, 11) is 5.31. The minimum atomic E-state index is 0.227. The fourth-order valence-corrected chi connectivity index (χ4v) is 2.35. The predicted molar refractivity (Wildman–Crippen MR) is 82.9 cm³/mol. The van der Waals surface area contributed by atoms with Crippen molar-refractivity contribution in [3.05, 3.63) is 42.0 Å². The number of nitrogens with zero attached hydrogens (tertiary/aromatic N) is 2. The Morgan fingerprint density at radius 2 is 2.00 bits per heavy atom. The molecule has 0 saturated heterocycles. The minimum Gasteiger partial charge on any atom is -0.493 e. The molecule has 0 saturated carbocycles. The highest BCUT2D eigenvalue weighted by Crippen LogP contribution is 2.27. The second kappa shape index (κ2) is 7.13. The maximum Gasteiger partial charge on any atom is 0.160 e. The highest BCUT2D eigenvalue weighted by molar-refractivity contribution is 5.42. The summed E-state index contributed by atoms with van der Waals surface area (Å²) >= 11 is 0. The molecule has 0 aliphatic heterocycles. The molecule has 0 bridgehead atoms. The van der Waals surface area contributed by atoms with Gasteiger partial charge in [0.25, 0.3) is 0 Å². The lowest BCUT2D eigenvalue weighted by atomic mass is 10.1. The maximum absolute atomic E-state index is 5.32. The van der Waals surface area contributed by atoms with E-state index in [1.54, 1.807) is 14.2 Å². The Balaban J connectivity index is 1.90.